The molecule has 0 atom stereocenters. The van der Waals surface area contributed by atoms with Gasteiger partial charge in [0.2, 0.25) is 5.95 Å². The Kier molecular flexibility index (Phi) is 4.38. The molecule has 1 saturated heterocycles. The molecule has 0 radical (unpaired) electrons. The van der Waals surface area contributed by atoms with Crippen molar-refractivity contribution in [3.05, 3.63) is 66.6 Å². The molecule has 1 aliphatic rings. The van der Waals surface area contributed by atoms with Crippen LogP contribution in [0, 0.1) is 0 Å². The molecule has 1 N–H and O–H groups in total. The number of pyridine rings is 1. The number of hydrogen-bond donors (Lipinski definition) is 1. The number of imidazole rings is 1. The summed E-state index contributed by atoms with van der Waals surface area (Å²) in [6.45, 7) is 2.84. The van der Waals surface area contributed by atoms with Crippen molar-refractivity contribution in [3.8, 4) is 5.69 Å². The average Bonchev–Trinajstić information content (AvgIpc) is 3.43. The number of nitrogens with zero attached hydrogens (tertiary/aromatic N) is 5. The van der Waals surface area contributed by atoms with E-state index < -0.39 is 11.7 Å². The minimum absolute atomic E-state index is 0.391. The first-order valence-corrected chi connectivity index (χ1v) is 9.64. The Morgan fingerprint density at radius 2 is 1.63 bits per heavy atom. The number of nitrogens with one attached hydrogen (secondary N) is 1. The summed E-state index contributed by atoms with van der Waals surface area (Å²) in [7, 11) is 0. The predicted molar refractivity (Wildman–Crippen MR) is 109 cm³/mol. The number of hydrogen-bond acceptors (Lipinski definition) is 4. The number of alkyl halides is 3. The highest BCUT2D eigenvalue weighted by molar-refractivity contribution is 5.78. The largest absolute Gasteiger partial charge is 0.416 e. The number of rotatable bonds is 3. The summed E-state index contributed by atoms with van der Waals surface area (Å²) in [5.41, 5.74) is 1.25. The number of aromatic nitrogens is 4. The van der Waals surface area contributed by atoms with Crippen LogP contribution in [0.15, 0.2) is 61.1 Å². The highest BCUT2D eigenvalue weighted by Gasteiger charge is 2.31. The molecule has 1 aromatic carbocycles. The van der Waals surface area contributed by atoms with Gasteiger partial charge in [0, 0.05) is 44.8 Å². The highest BCUT2D eigenvalue weighted by atomic mass is 19.4. The van der Waals surface area contributed by atoms with Gasteiger partial charge >= 0.3 is 6.18 Å². The Hall–Kier alpha value is -3.49. The van der Waals surface area contributed by atoms with Gasteiger partial charge in [-0.25, -0.2) is 9.97 Å². The summed E-state index contributed by atoms with van der Waals surface area (Å²) in [5.74, 6) is 1.50. The molecule has 4 aromatic rings. The quantitative estimate of drug-likeness (QED) is 0.551. The summed E-state index contributed by atoms with van der Waals surface area (Å²) in [6.07, 6.45) is 1.39. The fraction of sp³-hybridized carbons (Fsp3) is 0.238. The van der Waals surface area contributed by atoms with Crippen LogP contribution in [0.3, 0.4) is 0 Å². The molecule has 1 aliphatic heterocycles. The SMILES string of the molecule is FC(F)(F)c1ccc2nc(N3CCN(c4ncccc4-n4cccc4)CC3)[nH]c2c1. The van der Waals surface area contributed by atoms with Gasteiger partial charge in [-0.1, -0.05) is 0 Å². The van der Waals surface area contributed by atoms with Crippen molar-refractivity contribution in [2.75, 3.05) is 36.0 Å². The lowest BCUT2D eigenvalue weighted by molar-refractivity contribution is -0.137. The average molecular weight is 412 g/mol. The first-order valence-electron chi connectivity index (χ1n) is 9.64. The number of benzene rings is 1. The van der Waals surface area contributed by atoms with Gasteiger partial charge < -0.3 is 19.4 Å². The van der Waals surface area contributed by atoms with Crippen molar-refractivity contribution in [3.63, 3.8) is 0 Å². The van der Waals surface area contributed by atoms with Gasteiger partial charge in [-0.15, -0.1) is 0 Å². The normalized spacial score (nSPS) is 15.2. The molecule has 0 bridgehead atoms. The van der Waals surface area contributed by atoms with Crippen LogP contribution in [0.4, 0.5) is 24.9 Å². The summed E-state index contributed by atoms with van der Waals surface area (Å²) >= 11 is 0. The molecule has 4 heterocycles. The van der Waals surface area contributed by atoms with Gasteiger partial charge in [0.15, 0.2) is 5.82 Å². The van der Waals surface area contributed by atoms with Gasteiger partial charge in [0.05, 0.1) is 22.3 Å². The second-order valence-corrected chi connectivity index (χ2v) is 7.20. The number of halogens is 3. The van der Waals surface area contributed by atoms with E-state index in [2.05, 4.69) is 24.8 Å². The fourth-order valence-electron chi connectivity index (χ4n) is 3.78. The van der Waals surface area contributed by atoms with E-state index >= 15 is 0 Å². The molecule has 1 fully saturated rings. The van der Waals surface area contributed by atoms with Crippen molar-refractivity contribution in [1.29, 1.82) is 0 Å². The highest BCUT2D eigenvalue weighted by Crippen LogP contribution is 2.32. The lowest BCUT2D eigenvalue weighted by Crippen LogP contribution is -2.47. The monoisotopic (exact) mass is 412 g/mol. The maximum absolute atomic E-state index is 13.0. The first kappa shape index (κ1) is 18.5. The zero-order valence-electron chi connectivity index (χ0n) is 16.0. The topological polar surface area (TPSA) is 53.0 Å². The minimum Gasteiger partial charge on any atom is -0.351 e. The molecular formula is C21H19F3N6. The summed E-state index contributed by atoms with van der Waals surface area (Å²) in [5, 5.41) is 0. The number of piperazine rings is 1. The van der Waals surface area contributed by atoms with Crippen molar-refractivity contribution in [2.45, 2.75) is 6.18 Å². The smallest absolute Gasteiger partial charge is 0.351 e. The standard InChI is InChI=1S/C21H19F3N6/c22-21(23,24)15-5-6-16-17(14-15)27-20(26-16)30-12-10-29(11-13-30)19-18(4-3-7-25-19)28-8-1-2-9-28/h1-9,14H,10-13H2,(H,26,27). The van der Waals surface area contributed by atoms with Crippen molar-refractivity contribution in [2.24, 2.45) is 0 Å². The van der Waals surface area contributed by atoms with Crippen LogP contribution in [-0.4, -0.2) is 45.7 Å². The molecule has 0 aliphatic carbocycles. The molecule has 5 rings (SSSR count). The molecule has 9 heteroatoms. The number of H-pyrrole nitrogens is 1. The van der Waals surface area contributed by atoms with E-state index in [-0.39, 0.29) is 0 Å². The van der Waals surface area contributed by atoms with E-state index in [9.17, 15) is 13.2 Å². The zero-order valence-corrected chi connectivity index (χ0v) is 16.0. The van der Waals surface area contributed by atoms with E-state index in [1.165, 1.54) is 6.07 Å². The van der Waals surface area contributed by atoms with Gasteiger partial charge in [-0.2, -0.15) is 13.2 Å². The molecule has 0 amide bonds. The molecule has 3 aromatic heterocycles. The van der Waals surface area contributed by atoms with Gasteiger partial charge in [-0.05, 0) is 42.5 Å². The van der Waals surface area contributed by atoms with Crippen molar-refractivity contribution >= 4 is 22.8 Å². The Morgan fingerprint density at radius 1 is 0.900 bits per heavy atom. The van der Waals surface area contributed by atoms with E-state index in [4.69, 9.17) is 0 Å². The molecule has 6 nitrogen and oxygen atoms in total. The summed E-state index contributed by atoms with van der Waals surface area (Å²) in [4.78, 5) is 16.4. The molecular weight excluding hydrogens is 393 g/mol. The zero-order chi connectivity index (χ0) is 20.7. The van der Waals surface area contributed by atoms with E-state index in [0.29, 0.717) is 30.1 Å². The van der Waals surface area contributed by atoms with Crippen LogP contribution < -0.4 is 9.80 Å². The van der Waals surface area contributed by atoms with Crippen molar-refractivity contribution in [1.82, 2.24) is 19.5 Å². The Morgan fingerprint density at radius 3 is 2.37 bits per heavy atom. The van der Waals surface area contributed by atoms with Gasteiger partial charge in [0.1, 0.15) is 0 Å². The van der Waals surface area contributed by atoms with Gasteiger partial charge in [-0.3, -0.25) is 0 Å². The van der Waals surface area contributed by atoms with Crippen LogP contribution in [-0.2, 0) is 6.18 Å². The van der Waals surface area contributed by atoms with Crippen LogP contribution >= 0.6 is 0 Å². The lowest BCUT2D eigenvalue weighted by Gasteiger charge is -2.36. The second kappa shape index (κ2) is 7.08. The molecule has 154 valence electrons. The first-order chi connectivity index (χ1) is 14.5. The number of aromatic amines is 1. The Bertz CT molecular complexity index is 1160. The van der Waals surface area contributed by atoms with E-state index in [1.807, 2.05) is 41.2 Å². The van der Waals surface area contributed by atoms with Crippen molar-refractivity contribution < 1.29 is 13.2 Å². The van der Waals surface area contributed by atoms with E-state index in [1.54, 1.807) is 6.20 Å². The molecule has 0 unspecified atom stereocenters. The maximum Gasteiger partial charge on any atom is 0.416 e. The summed E-state index contributed by atoms with van der Waals surface area (Å²) < 4.78 is 40.9. The Balaban J connectivity index is 1.34. The third-order valence-electron chi connectivity index (χ3n) is 5.32. The fourth-order valence-corrected chi connectivity index (χ4v) is 3.78. The molecule has 0 saturated carbocycles. The Labute approximate surface area is 170 Å². The molecule has 30 heavy (non-hydrogen) atoms. The van der Waals surface area contributed by atoms with Crippen LogP contribution in [0.5, 0.6) is 0 Å². The second-order valence-electron chi connectivity index (χ2n) is 7.20. The van der Waals surface area contributed by atoms with Gasteiger partial charge in [0.25, 0.3) is 0 Å². The number of anilines is 2. The van der Waals surface area contributed by atoms with Crippen LogP contribution in [0.2, 0.25) is 0 Å². The van der Waals surface area contributed by atoms with Crippen LogP contribution in [0.1, 0.15) is 5.56 Å². The predicted octanol–water partition coefficient (Wildman–Crippen LogP) is 4.09. The third-order valence-corrected chi connectivity index (χ3v) is 5.32. The van der Waals surface area contributed by atoms with E-state index in [0.717, 1.165) is 36.7 Å². The maximum atomic E-state index is 13.0. The summed E-state index contributed by atoms with van der Waals surface area (Å²) in [6, 6.07) is 11.5. The lowest BCUT2D eigenvalue weighted by atomic mass is 10.2. The van der Waals surface area contributed by atoms with Crippen LogP contribution in [0.25, 0.3) is 16.7 Å². The molecule has 0 spiro atoms. The minimum atomic E-state index is -4.37. The number of fused-ring (bicyclic) bond motifs is 1. The third kappa shape index (κ3) is 3.36.